The third kappa shape index (κ3) is 6.19. The molecule has 258 valence electrons. The van der Waals surface area contributed by atoms with E-state index in [0.29, 0.717) is 41.9 Å². The van der Waals surface area contributed by atoms with Crippen LogP contribution in [0.25, 0.3) is 11.1 Å². The minimum absolute atomic E-state index is 0.224. The maximum absolute atomic E-state index is 14.8. The quantitative estimate of drug-likeness (QED) is 0.245. The van der Waals surface area contributed by atoms with Crippen LogP contribution in [0, 0.1) is 17.0 Å². The van der Waals surface area contributed by atoms with Gasteiger partial charge < -0.3 is 19.7 Å². The summed E-state index contributed by atoms with van der Waals surface area (Å²) in [6.45, 7) is 6.41. The molecule has 13 heteroatoms. The lowest BCUT2D eigenvalue weighted by atomic mass is 9.71. The van der Waals surface area contributed by atoms with Crippen molar-refractivity contribution in [2.45, 2.75) is 44.2 Å². The molecule has 1 spiro atoms. The second-order valence-corrected chi connectivity index (χ2v) is 13.7. The topological polar surface area (TPSA) is 93.0 Å². The van der Waals surface area contributed by atoms with Crippen LogP contribution in [0.2, 0.25) is 0 Å². The van der Waals surface area contributed by atoms with Crippen molar-refractivity contribution in [3.63, 3.8) is 0 Å². The molecule has 1 N–H and O–H groups in total. The molecule has 4 aliphatic heterocycles. The number of aromatic nitrogens is 4. The molecule has 11 nitrogen and oxygen atoms in total. The fourth-order valence-corrected chi connectivity index (χ4v) is 7.84. The molecule has 49 heavy (non-hydrogen) atoms. The Bertz CT molecular complexity index is 1800. The third-order valence-electron chi connectivity index (χ3n) is 10.9. The summed E-state index contributed by atoms with van der Waals surface area (Å²) in [5.41, 5.74) is 4.52. The first kappa shape index (κ1) is 31.9. The highest BCUT2D eigenvalue weighted by molar-refractivity contribution is 5.85. The van der Waals surface area contributed by atoms with Gasteiger partial charge in [-0.3, -0.25) is 14.4 Å². The first-order valence-electron chi connectivity index (χ1n) is 17.1. The number of anilines is 4. The van der Waals surface area contributed by atoms with Crippen molar-refractivity contribution in [3.05, 3.63) is 72.3 Å². The van der Waals surface area contributed by atoms with Crippen molar-refractivity contribution in [1.82, 2.24) is 24.6 Å². The minimum atomic E-state index is -0.890. The Balaban J connectivity index is 1.04. The summed E-state index contributed by atoms with van der Waals surface area (Å²) in [5, 5.41) is 9.43. The van der Waals surface area contributed by atoms with Gasteiger partial charge in [-0.1, -0.05) is 12.1 Å². The molecule has 8 rings (SSSR count). The normalized spacial score (nSPS) is 21.3. The Kier molecular flexibility index (Phi) is 8.58. The molecule has 0 unspecified atom stereocenters. The van der Waals surface area contributed by atoms with Crippen LogP contribution >= 0.6 is 0 Å². The molecule has 2 aromatic heterocycles. The number of hydrogen-bond donors (Lipinski definition) is 1. The number of likely N-dealkylation sites (tertiary alicyclic amines) is 1. The molecule has 4 saturated heterocycles. The Morgan fingerprint density at radius 1 is 1.00 bits per heavy atom. The van der Waals surface area contributed by atoms with Crippen molar-refractivity contribution in [3.8, 4) is 16.9 Å². The average Bonchev–Trinajstić information content (AvgIpc) is 3.76. The van der Waals surface area contributed by atoms with Crippen LogP contribution in [0.1, 0.15) is 43.7 Å². The molecule has 0 amide bonds. The van der Waals surface area contributed by atoms with Gasteiger partial charge in [0.25, 0.3) is 0 Å². The zero-order valence-electron chi connectivity index (χ0n) is 27.9. The first-order valence-corrected chi connectivity index (χ1v) is 17.1. The van der Waals surface area contributed by atoms with Crippen LogP contribution in [0.3, 0.4) is 0 Å². The van der Waals surface area contributed by atoms with E-state index in [9.17, 15) is 8.78 Å². The number of aryl methyl sites for hydroxylation is 1. The van der Waals surface area contributed by atoms with E-state index in [1.807, 2.05) is 24.1 Å². The molecule has 4 aliphatic rings. The van der Waals surface area contributed by atoms with Crippen LogP contribution < -0.4 is 20.0 Å². The van der Waals surface area contributed by atoms with E-state index in [0.717, 1.165) is 54.9 Å². The summed E-state index contributed by atoms with van der Waals surface area (Å²) >= 11 is 0. The number of nitrogens with one attached hydrogen (secondary N) is 1. The van der Waals surface area contributed by atoms with E-state index in [4.69, 9.17) is 14.3 Å². The molecule has 0 bridgehead atoms. The molecule has 4 fully saturated rings. The number of hydrogen-bond acceptors (Lipinski definition) is 10. The summed E-state index contributed by atoms with van der Waals surface area (Å²) in [4.78, 5) is 19.9. The van der Waals surface area contributed by atoms with Crippen LogP contribution in [-0.4, -0.2) is 83.8 Å². The number of benzene rings is 2. The van der Waals surface area contributed by atoms with Gasteiger partial charge in [-0.25, -0.2) is 23.8 Å². The van der Waals surface area contributed by atoms with Gasteiger partial charge in [0.05, 0.1) is 50.9 Å². The summed E-state index contributed by atoms with van der Waals surface area (Å²) in [6.07, 6.45) is 10.7. The second kappa shape index (κ2) is 13.2. The highest BCUT2D eigenvalue weighted by atomic mass is 19.2. The van der Waals surface area contributed by atoms with Gasteiger partial charge in [0, 0.05) is 67.3 Å². The number of nitrogens with zero attached hydrogens (tertiary/aromatic N) is 7. The lowest BCUT2D eigenvalue weighted by Gasteiger charge is -2.50. The van der Waals surface area contributed by atoms with Gasteiger partial charge in [-0.2, -0.15) is 5.10 Å². The third-order valence-corrected chi connectivity index (χ3v) is 10.9. The van der Waals surface area contributed by atoms with Crippen molar-refractivity contribution in [2.75, 3.05) is 68.4 Å². The highest BCUT2D eigenvalue weighted by Crippen LogP contribution is 2.46. The van der Waals surface area contributed by atoms with Crippen LogP contribution in [0.4, 0.5) is 31.8 Å². The minimum Gasteiger partial charge on any atom is -0.494 e. The summed E-state index contributed by atoms with van der Waals surface area (Å²) < 4.78 is 42.1. The SMILES string of the molecule is COc1cc(N2CCC3(CC2)CCN(C2COC2)CC3)c(-c2cnn(C)c2)cc1Nc1cc(N2OCC[C@@H]2c2cccc(F)c2F)ncn1. The Morgan fingerprint density at radius 3 is 2.51 bits per heavy atom. The largest absolute Gasteiger partial charge is 0.494 e. The monoisotopic (exact) mass is 672 g/mol. The lowest BCUT2D eigenvalue weighted by Crippen LogP contribution is -2.55. The fourth-order valence-electron chi connectivity index (χ4n) is 7.84. The zero-order chi connectivity index (χ0) is 33.5. The second-order valence-electron chi connectivity index (χ2n) is 13.7. The van der Waals surface area contributed by atoms with E-state index in [1.54, 1.807) is 19.2 Å². The fraction of sp³-hybridized carbons (Fsp3) is 0.472. The van der Waals surface area contributed by atoms with Crippen molar-refractivity contribution in [2.24, 2.45) is 12.5 Å². The predicted octanol–water partition coefficient (Wildman–Crippen LogP) is 5.87. The number of ether oxygens (including phenoxy) is 2. The van der Waals surface area contributed by atoms with Gasteiger partial charge in [0.1, 0.15) is 17.9 Å². The van der Waals surface area contributed by atoms with Crippen molar-refractivity contribution in [1.29, 1.82) is 0 Å². The van der Waals surface area contributed by atoms with Crippen molar-refractivity contribution < 1.29 is 23.1 Å². The molecule has 4 aromatic rings. The molecule has 6 heterocycles. The molecule has 0 radical (unpaired) electrons. The van der Waals surface area contributed by atoms with Gasteiger partial charge in [0.2, 0.25) is 0 Å². The van der Waals surface area contributed by atoms with E-state index in [1.165, 1.54) is 56.2 Å². The number of hydroxylamine groups is 1. The summed E-state index contributed by atoms with van der Waals surface area (Å²) in [5.74, 6) is -0.158. The van der Waals surface area contributed by atoms with Gasteiger partial charge >= 0.3 is 0 Å². The molecular weight excluding hydrogens is 630 g/mol. The lowest BCUT2D eigenvalue weighted by molar-refractivity contribution is -0.0834. The van der Waals surface area contributed by atoms with Gasteiger partial charge in [-0.15, -0.1) is 0 Å². The molecule has 2 aromatic carbocycles. The molecule has 0 aliphatic carbocycles. The average molecular weight is 673 g/mol. The number of halogens is 2. The van der Waals surface area contributed by atoms with Crippen LogP contribution in [0.15, 0.2) is 55.1 Å². The van der Waals surface area contributed by atoms with E-state index in [2.05, 4.69) is 42.3 Å². The molecular formula is C36H42F2N8O3. The maximum atomic E-state index is 14.8. The predicted molar refractivity (Wildman–Crippen MR) is 182 cm³/mol. The number of rotatable bonds is 8. The van der Waals surface area contributed by atoms with Gasteiger partial charge in [0.15, 0.2) is 17.5 Å². The first-order chi connectivity index (χ1) is 23.9. The van der Waals surface area contributed by atoms with Gasteiger partial charge in [-0.05, 0) is 56.3 Å². The Labute approximate surface area is 284 Å². The van der Waals surface area contributed by atoms with Crippen LogP contribution in [0.5, 0.6) is 5.75 Å². The van der Waals surface area contributed by atoms with E-state index < -0.39 is 17.7 Å². The number of methoxy groups -OCH3 is 1. The standard InChI is InChI=1S/C36H42F2N8O3/c1-43-20-24(19-41-43)27-16-29(42-33-18-34(40-23-39-33)46-30(6-15-49-46)26-4-3-5-28(37)35(26)38)32(47-2)17-31(27)45-13-9-36(10-14-45)7-11-44(12-8-36)25-21-48-22-25/h3-5,16-20,23,25,30H,6-15,21-22H2,1-2H3,(H,39,40,42)/t30-/m1/s1. The Hall–Kier alpha value is -4.33. The molecule has 0 saturated carbocycles. The smallest absolute Gasteiger partial charge is 0.164 e. The Morgan fingerprint density at radius 2 is 1.80 bits per heavy atom. The zero-order valence-corrected chi connectivity index (χ0v) is 27.9. The highest BCUT2D eigenvalue weighted by Gasteiger charge is 2.40. The van der Waals surface area contributed by atoms with E-state index in [-0.39, 0.29) is 5.56 Å². The molecule has 1 atom stereocenters. The number of piperidine rings is 2. The van der Waals surface area contributed by atoms with E-state index >= 15 is 0 Å². The van der Waals surface area contributed by atoms with Crippen LogP contribution in [-0.2, 0) is 16.6 Å². The summed E-state index contributed by atoms with van der Waals surface area (Å²) in [6, 6.07) is 10.2. The van der Waals surface area contributed by atoms with Crippen molar-refractivity contribution >= 4 is 23.0 Å². The summed E-state index contributed by atoms with van der Waals surface area (Å²) in [7, 11) is 3.59. The maximum Gasteiger partial charge on any atom is 0.164 e.